The van der Waals surface area contributed by atoms with Crippen molar-refractivity contribution < 1.29 is 14.3 Å². The molecule has 0 bridgehead atoms. The number of para-hydroxylation sites is 1. The number of likely N-dealkylation sites (tertiary alicyclic amines) is 1. The molecule has 30 heavy (non-hydrogen) atoms. The van der Waals surface area contributed by atoms with Crippen LogP contribution in [0.1, 0.15) is 29.3 Å². The van der Waals surface area contributed by atoms with Crippen molar-refractivity contribution in [3.05, 3.63) is 59.1 Å². The molecule has 1 aliphatic heterocycles. The van der Waals surface area contributed by atoms with Crippen molar-refractivity contribution in [2.45, 2.75) is 25.7 Å². The minimum atomic E-state index is 0.0287. The molecule has 0 aliphatic carbocycles. The first-order valence-corrected chi connectivity index (χ1v) is 10.9. The number of methoxy groups -OCH3 is 1. The Hall–Kier alpha value is -2.93. The quantitative estimate of drug-likeness (QED) is 0.591. The van der Waals surface area contributed by atoms with Gasteiger partial charge in [-0.25, -0.2) is 0 Å². The van der Waals surface area contributed by atoms with Crippen molar-refractivity contribution in [3.8, 4) is 22.1 Å². The predicted octanol–water partition coefficient (Wildman–Crippen LogP) is 4.31. The number of ether oxygens (including phenoxy) is 2. The van der Waals surface area contributed by atoms with Crippen LogP contribution in [0.3, 0.4) is 0 Å². The molecule has 4 rings (SSSR count). The van der Waals surface area contributed by atoms with Crippen molar-refractivity contribution in [2.24, 2.45) is 0 Å². The highest BCUT2D eigenvalue weighted by molar-refractivity contribution is 7.14. The Kier molecular flexibility index (Phi) is 6.28. The minimum Gasteiger partial charge on any atom is -0.496 e. The van der Waals surface area contributed by atoms with E-state index in [1.165, 1.54) is 5.56 Å². The minimum absolute atomic E-state index is 0.0287. The van der Waals surface area contributed by atoms with Gasteiger partial charge in [-0.1, -0.05) is 41.2 Å². The number of piperidine rings is 1. The molecule has 0 atom stereocenters. The second-order valence-corrected chi connectivity index (χ2v) is 8.41. The second-order valence-electron chi connectivity index (χ2n) is 7.40. The fourth-order valence-corrected chi connectivity index (χ4v) is 4.62. The third-order valence-corrected chi connectivity index (χ3v) is 6.48. The molecular weight excluding hydrogens is 398 g/mol. The zero-order valence-corrected chi connectivity index (χ0v) is 18.0. The van der Waals surface area contributed by atoms with Crippen LogP contribution in [0.5, 0.6) is 11.5 Å². The monoisotopic (exact) mass is 423 g/mol. The van der Waals surface area contributed by atoms with Crippen molar-refractivity contribution in [3.63, 3.8) is 0 Å². The highest BCUT2D eigenvalue weighted by atomic mass is 32.1. The maximum atomic E-state index is 12.5. The maximum Gasteiger partial charge on any atom is 0.260 e. The maximum absolute atomic E-state index is 12.5. The van der Waals surface area contributed by atoms with E-state index in [1.54, 1.807) is 18.4 Å². The van der Waals surface area contributed by atoms with Gasteiger partial charge in [0.1, 0.15) is 16.5 Å². The van der Waals surface area contributed by atoms with Crippen molar-refractivity contribution in [2.75, 3.05) is 26.8 Å². The zero-order chi connectivity index (χ0) is 20.9. The summed E-state index contributed by atoms with van der Waals surface area (Å²) in [5.41, 5.74) is 2.13. The number of amides is 1. The molecule has 7 heteroatoms. The van der Waals surface area contributed by atoms with E-state index in [0.717, 1.165) is 39.9 Å². The van der Waals surface area contributed by atoms with E-state index in [4.69, 9.17) is 9.47 Å². The van der Waals surface area contributed by atoms with Crippen molar-refractivity contribution in [1.29, 1.82) is 0 Å². The van der Waals surface area contributed by atoms with Gasteiger partial charge in [-0.15, -0.1) is 10.2 Å². The smallest absolute Gasteiger partial charge is 0.260 e. The van der Waals surface area contributed by atoms with E-state index in [9.17, 15) is 4.79 Å². The Morgan fingerprint density at radius 2 is 1.83 bits per heavy atom. The molecule has 6 nitrogen and oxygen atoms in total. The topological polar surface area (TPSA) is 64.6 Å². The van der Waals surface area contributed by atoms with E-state index in [2.05, 4.69) is 10.2 Å². The van der Waals surface area contributed by atoms with Gasteiger partial charge in [-0.2, -0.15) is 0 Å². The summed E-state index contributed by atoms with van der Waals surface area (Å²) in [5, 5.41) is 10.7. The summed E-state index contributed by atoms with van der Waals surface area (Å²) < 4.78 is 11.1. The molecule has 0 N–H and O–H groups in total. The third kappa shape index (κ3) is 4.62. The van der Waals surface area contributed by atoms with Crippen LogP contribution in [0.25, 0.3) is 10.6 Å². The summed E-state index contributed by atoms with van der Waals surface area (Å²) in [6.07, 6.45) is 1.77. The van der Waals surface area contributed by atoms with Gasteiger partial charge in [0.05, 0.1) is 12.7 Å². The molecule has 2 heterocycles. The van der Waals surface area contributed by atoms with E-state index in [1.807, 2.05) is 60.4 Å². The van der Waals surface area contributed by atoms with Gasteiger partial charge in [0.25, 0.3) is 5.91 Å². The Bertz CT molecular complexity index is 995. The summed E-state index contributed by atoms with van der Waals surface area (Å²) in [6, 6.07) is 15.6. The summed E-state index contributed by atoms with van der Waals surface area (Å²) in [7, 11) is 1.66. The van der Waals surface area contributed by atoms with Crippen LogP contribution < -0.4 is 9.47 Å². The third-order valence-electron chi connectivity index (χ3n) is 5.36. The van der Waals surface area contributed by atoms with Crippen LogP contribution in [0, 0.1) is 6.92 Å². The Labute approximate surface area is 180 Å². The Balaban J connectivity index is 1.32. The predicted molar refractivity (Wildman–Crippen MR) is 117 cm³/mol. The zero-order valence-electron chi connectivity index (χ0n) is 17.2. The SMILES string of the molecule is COc1ccccc1-c1nnc(C2CCN(C(=O)COc3ccc(C)cc3)CC2)s1. The summed E-state index contributed by atoms with van der Waals surface area (Å²) >= 11 is 1.61. The van der Waals surface area contributed by atoms with Crippen LogP contribution in [0.15, 0.2) is 48.5 Å². The van der Waals surface area contributed by atoms with E-state index in [0.29, 0.717) is 19.0 Å². The number of aryl methyl sites for hydroxylation is 1. The van der Waals surface area contributed by atoms with Gasteiger partial charge in [0.15, 0.2) is 11.6 Å². The molecule has 2 aromatic carbocycles. The van der Waals surface area contributed by atoms with Crippen LogP contribution in [0.2, 0.25) is 0 Å². The molecule has 0 saturated carbocycles. The van der Waals surface area contributed by atoms with Gasteiger partial charge in [0, 0.05) is 19.0 Å². The fraction of sp³-hybridized carbons (Fsp3) is 0.348. The number of carbonyl (C=O) groups excluding carboxylic acids is 1. The fourth-order valence-electron chi connectivity index (χ4n) is 3.58. The lowest BCUT2D eigenvalue weighted by Gasteiger charge is -2.30. The summed E-state index contributed by atoms with van der Waals surface area (Å²) in [6.45, 7) is 3.52. The van der Waals surface area contributed by atoms with Crippen LogP contribution in [-0.2, 0) is 4.79 Å². The van der Waals surface area contributed by atoms with Gasteiger partial charge in [-0.05, 0) is 44.0 Å². The molecule has 0 unspecified atom stereocenters. The van der Waals surface area contributed by atoms with Crippen LogP contribution >= 0.6 is 11.3 Å². The number of benzene rings is 2. The Morgan fingerprint density at radius 1 is 1.10 bits per heavy atom. The molecular formula is C23H25N3O3S. The van der Waals surface area contributed by atoms with Crippen molar-refractivity contribution >= 4 is 17.2 Å². The lowest BCUT2D eigenvalue weighted by molar-refractivity contribution is -0.134. The standard InChI is InChI=1S/C23H25N3O3S/c1-16-7-9-18(10-8-16)29-15-21(27)26-13-11-17(12-14-26)22-24-25-23(30-22)19-5-3-4-6-20(19)28-2/h3-10,17H,11-15H2,1-2H3. The largest absolute Gasteiger partial charge is 0.496 e. The highest BCUT2D eigenvalue weighted by Crippen LogP contribution is 2.36. The first-order chi connectivity index (χ1) is 14.6. The summed E-state index contributed by atoms with van der Waals surface area (Å²) in [5.74, 6) is 1.88. The number of hydrogen-bond acceptors (Lipinski definition) is 6. The molecule has 0 spiro atoms. The Morgan fingerprint density at radius 3 is 2.57 bits per heavy atom. The van der Waals surface area contributed by atoms with Gasteiger partial charge < -0.3 is 14.4 Å². The second kappa shape index (κ2) is 9.26. The van der Waals surface area contributed by atoms with Crippen LogP contribution in [0.4, 0.5) is 0 Å². The lowest BCUT2D eigenvalue weighted by atomic mass is 9.98. The molecule has 1 aromatic heterocycles. The van der Waals surface area contributed by atoms with Crippen LogP contribution in [-0.4, -0.2) is 47.8 Å². The number of nitrogens with zero attached hydrogens (tertiary/aromatic N) is 3. The van der Waals surface area contributed by atoms with Crippen molar-refractivity contribution in [1.82, 2.24) is 15.1 Å². The number of carbonyl (C=O) groups is 1. The molecule has 0 radical (unpaired) electrons. The molecule has 1 fully saturated rings. The molecule has 1 saturated heterocycles. The molecule has 1 aliphatic rings. The molecule has 1 amide bonds. The normalized spacial score (nSPS) is 14.5. The first kappa shape index (κ1) is 20.3. The van der Waals surface area contributed by atoms with E-state index in [-0.39, 0.29) is 12.5 Å². The van der Waals surface area contributed by atoms with Gasteiger partial charge >= 0.3 is 0 Å². The first-order valence-electron chi connectivity index (χ1n) is 10.1. The number of rotatable bonds is 6. The van der Waals surface area contributed by atoms with Gasteiger partial charge in [0.2, 0.25) is 0 Å². The summed E-state index contributed by atoms with van der Waals surface area (Å²) in [4.78, 5) is 14.4. The lowest BCUT2D eigenvalue weighted by Crippen LogP contribution is -2.40. The average molecular weight is 424 g/mol. The van der Waals surface area contributed by atoms with Gasteiger partial charge in [-0.3, -0.25) is 4.79 Å². The molecule has 3 aromatic rings. The number of hydrogen-bond donors (Lipinski definition) is 0. The molecule has 156 valence electrons. The number of aromatic nitrogens is 2. The average Bonchev–Trinajstić information content (AvgIpc) is 3.28. The van der Waals surface area contributed by atoms with E-state index >= 15 is 0 Å². The highest BCUT2D eigenvalue weighted by Gasteiger charge is 2.27. The van der Waals surface area contributed by atoms with E-state index < -0.39 is 0 Å².